The minimum absolute atomic E-state index is 0.157. The van der Waals surface area contributed by atoms with Gasteiger partial charge < -0.3 is 9.84 Å². The van der Waals surface area contributed by atoms with Crippen molar-refractivity contribution in [2.45, 2.75) is 65.9 Å². The van der Waals surface area contributed by atoms with E-state index in [4.69, 9.17) is 4.74 Å². The van der Waals surface area contributed by atoms with Gasteiger partial charge in [-0.25, -0.2) is 4.79 Å². The van der Waals surface area contributed by atoms with Gasteiger partial charge in [0.25, 0.3) is 0 Å². The van der Waals surface area contributed by atoms with E-state index in [1.54, 1.807) is 19.9 Å². The Morgan fingerprint density at radius 1 is 1.38 bits per heavy atom. The van der Waals surface area contributed by atoms with E-state index in [2.05, 4.69) is 13.5 Å². The highest BCUT2D eigenvalue weighted by Gasteiger charge is 2.48. The van der Waals surface area contributed by atoms with Crippen LogP contribution in [0.4, 0.5) is 0 Å². The van der Waals surface area contributed by atoms with Gasteiger partial charge in [0.2, 0.25) is 0 Å². The molecule has 0 heterocycles. The van der Waals surface area contributed by atoms with E-state index in [1.807, 2.05) is 6.92 Å². The number of hydrogen-bond donors (Lipinski definition) is 1. The fourth-order valence-corrected chi connectivity index (χ4v) is 4.29. The maximum absolute atomic E-state index is 12.1. The van der Waals surface area contributed by atoms with E-state index in [1.165, 1.54) is 0 Å². The lowest BCUT2D eigenvalue weighted by Gasteiger charge is -2.51. The van der Waals surface area contributed by atoms with Gasteiger partial charge >= 0.3 is 11.9 Å². The van der Waals surface area contributed by atoms with Gasteiger partial charge in [-0.1, -0.05) is 26.5 Å². The van der Waals surface area contributed by atoms with Crippen LogP contribution in [0.25, 0.3) is 0 Å². The van der Waals surface area contributed by atoms with Gasteiger partial charge in [0.05, 0.1) is 5.92 Å². The van der Waals surface area contributed by atoms with Crippen molar-refractivity contribution in [3.63, 3.8) is 0 Å². The monoisotopic (exact) mass is 334 g/mol. The first-order valence-electron chi connectivity index (χ1n) is 8.95. The third-order valence-electron chi connectivity index (χ3n) is 6.41. The number of allylic oxidation sites excluding steroid dienone is 1. The molecule has 2 aliphatic rings. The molecule has 2 saturated carbocycles. The average Bonchev–Trinajstić information content (AvgIpc) is 2.55. The lowest BCUT2D eigenvalue weighted by molar-refractivity contribution is -0.146. The van der Waals surface area contributed by atoms with Crippen molar-refractivity contribution in [2.24, 2.45) is 23.2 Å². The number of carbonyl (C=O) groups is 2. The maximum Gasteiger partial charge on any atom is 0.333 e. The van der Waals surface area contributed by atoms with Gasteiger partial charge in [-0.15, -0.1) is 0 Å². The topological polar surface area (TPSA) is 63.6 Å². The molecule has 5 atom stereocenters. The number of rotatable bonds is 4. The van der Waals surface area contributed by atoms with E-state index in [9.17, 15) is 14.7 Å². The number of carbonyl (C=O) groups excluding carboxylic acids is 1. The Hall–Kier alpha value is -1.58. The summed E-state index contributed by atoms with van der Waals surface area (Å²) in [6.07, 6.45) is 6.13. The number of carboxylic acid groups (broad SMARTS) is 1. The van der Waals surface area contributed by atoms with Crippen LogP contribution in [-0.2, 0) is 14.3 Å². The van der Waals surface area contributed by atoms with Crippen LogP contribution in [0.2, 0.25) is 0 Å². The zero-order valence-corrected chi connectivity index (χ0v) is 15.3. The Morgan fingerprint density at radius 3 is 2.58 bits per heavy atom. The minimum Gasteiger partial charge on any atom is -0.481 e. The summed E-state index contributed by atoms with van der Waals surface area (Å²) >= 11 is 0. The largest absolute Gasteiger partial charge is 0.481 e. The zero-order chi connectivity index (χ0) is 18.1. The van der Waals surface area contributed by atoms with Crippen molar-refractivity contribution in [1.29, 1.82) is 0 Å². The molecule has 134 valence electrons. The molecule has 0 unspecified atom stereocenters. The summed E-state index contributed by atoms with van der Waals surface area (Å²) in [5.41, 5.74) is 1.74. The Bertz CT molecular complexity index is 562. The number of aliphatic carboxylic acids is 1. The van der Waals surface area contributed by atoms with Crippen molar-refractivity contribution in [3.05, 3.63) is 23.8 Å². The van der Waals surface area contributed by atoms with Crippen molar-refractivity contribution in [3.8, 4) is 0 Å². The first-order valence-corrected chi connectivity index (χ1v) is 8.95. The van der Waals surface area contributed by atoms with Gasteiger partial charge in [0, 0.05) is 5.57 Å². The molecule has 0 aliphatic heterocycles. The summed E-state index contributed by atoms with van der Waals surface area (Å²) in [4.78, 5) is 23.4. The Labute approximate surface area is 145 Å². The van der Waals surface area contributed by atoms with Gasteiger partial charge in [0.15, 0.2) is 0 Å². The van der Waals surface area contributed by atoms with Gasteiger partial charge in [-0.2, -0.15) is 0 Å². The molecule has 4 heteroatoms. The second kappa shape index (κ2) is 7.12. The zero-order valence-electron chi connectivity index (χ0n) is 15.3. The Morgan fingerprint density at radius 2 is 2.00 bits per heavy atom. The molecule has 2 aliphatic carbocycles. The molecule has 0 aromatic heterocycles. The molecule has 0 aromatic rings. The standard InChI is InChI=1S/C20H30O4/c1-6-12(2)19(23)24-17-8-10-20(5)9-7-15(13(3)18(21)22)11-16(20)14(17)4/h6,13,15-17H,4,7-11H2,1-3,5H3,(H,21,22)/b12-6+/t13-,15-,16+,17-,20+/m1/s1. The molecule has 0 bridgehead atoms. The SMILES string of the molecule is C=C1[C@H](OC(=O)/C(C)=C/C)CC[C@]2(C)CC[C@@H]([C@@H](C)C(=O)O)C[C@@H]12. The number of fused-ring (bicyclic) bond motifs is 1. The summed E-state index contributed by atoms with van der Waals surface area (Å²) in [5.74, 6) is -0.940. The first kappa shape index (κ1) is 18.8. The van der Waals surface area contributed by atoms with E-state index >= 15 is 0 Å². The van der Waals surface area contributed by atoms with Gasteiger partial charge in [-0.05, 0) is 68.8 Å². The predicted octanol–water partition coefficient (Wildman–Crippen LogP) is 4.36. The molecule has 2 fully saturated rings. The van der Waals surface area contributed by atoms with E-state index in [-0.39, 0.29) is 35.2 Å². The highest BCUT2D eigenvalue weighted by molar-refractivity contribution is 5.87. The number of ether oxygens (including phenoxy) is 1. The fraction of sp³-hybridized carbons (Fsp3) is 0.700. The molecule has 0 aromatic carbocycles. The van der Waals surface area contributed by atoms with Crippen molar-refractivity contribution in [2.75, 3.05) is 0 Å². The molecule has 2 rings (SSSR count). The predicted molar refractivity (Wildman–Crippen MR) is 93.4 cm³/mol. The summed E-state index contributed by atoms with van der Waals surface area (Å²) in [6.45, 7) is 11.9. The smallest absolute Gasteiger partial charge is 0.333 e. The third-order valence-corrected chi connectivity index (χ3v) is 6.41. The Balaban J connectivity index is 2.12. The quantitative estimate of drug-likeness (QED) is 0.471. The fourth-order valence-electron chi connectivity index (χ4n) is 4.29. The molecule has 0 spiro atoms. The van der Waals surface area contributed by atoms with Crippen LogP contribution < -0.4 is 0 Å². The molecule has 0 radical (unpaired) electrons. The van der Waals surface area contributed by atoms with Crippen LogP contribution >= 0.6 is 0 Å². The summed E-state index contributed by atoms with van der Waals surface area (Å²) in [6, 6.07) is 0. The number of esters is 1. The third kappa shape index (κ3) is 3.57. The van der Waals surface area contributed by atoms with E-state index in [0.717, 1.165) is 37.7 Å². The van der Waals surface area contributed by atoms with Crippen LogP contribution in [0.1, 0.15) is 59.8 Å². The van der Waals surface area contributed by atoms with Crippen LogP contribution in [-0.4, -0.2) is 23.1 Å². The van der Waals surface area contributed by atoms with Crippen LogP contribution in [0, 0.1) is 23.2 Å². The summed E-state index contributed by atoms with van der Waals surface area (Å²) < 4.78 is 5.67. The molecule has 1 N–H and O–H groups in total. The van der Waals surface area contributed by atoms with Gasteiger partial charge in [0.1, 0.15) is 6.10 Å². The highest BCUT2D eigenvalue weighted by atomic mass is 16.5. The minimum atomic E-state index is -0.725. The molecule has 0 saturated heterocycles. The molecule has 0 amide bonds. The summed E-state index contributed by atoms with van der Waals surface area (Å²) in [5, 5.41) is 9.32. The van der Waals surface area contributed by atoms with Gasteiger partial charge in [-0.3, -0.25) is 4.79 Å². The number of carboxylic acids is 1. The molecule has 24 heavy (non-hydrogen) atoms. The Kier molecular flexibility index (Phi) is 5.56. The first-order chi connectivity index (χ1) is 11.2. The van der Waals surface area contributed by atoms with E-state index in [0.29, 0.717) is 5.57 Å². The van der Waals surface area contributed by atoms with Crippen molar-refractivity contribution >= 4 is 11.9 Å². The molecular weight excluding hydrogens is 304 g/mol. The van der Waals surface area contributed by atoms with Crippen LogP contribution in [0.3, 0.4) is 0 Å². The van der Waals surface area contributed by atoms with E-state index < -0.39 is 5.97 Å². The average molecular weight is 334 g/mol. The number of hydrogen-bond acceptors (Lipinski definition) is 3. The van der Waals surface area contributed by atoms with Crippen molar-refractivity contribution < 1.29 is 19.4 Å². The second-order valence-electron chi connectivity index (χ2n) is 7.85. The van der Waals surface area contributed by atoms with Crippen molar-refractivity contribution in [1.82, 2.24) is 0 Å². The molecule has 4 nitrogen and oxygen atoms in total. The lowest BCUT2D eigenvalue weighted by atomic mass is 9.55. The van der Waals surface area contributed by atoms with Crippen LogP contribution in [0.5, 0.6) is 0 Å². The normalized spacial score (nSPS) is 35.1. The lowest BCUT2D eigenvalue weighted by Crippen LogP contribution is -2.45. The van der Waals surface area contributed by atoms with Crippen LogP contribution in [0.15, 0.2) is 23.8 Å². The molecular formula is C20H30O4. The highest BCUT2D eigenvalue weighted by Crippen LogP contribution is 2.55. The maximum atomic E-state index is 12.1. The second-order valence-corrected chi connectivity index (χ2v) is 7.85. The summed E-state index contributed by atoms with van der Waals surface area (Å²) in [7, 11) is 0.